The van der Waals surface area contributed by atoms with E-state index in [1.807, 2.05) is 54.6 Å². The summed E-state index contributed by atoms with van der Waals surface area (Å²) in [7, 11) is 1.61. The molecule has 20 heavy (non-hydrogen) atoms. The van der Waals surface area contributed by atoms with Gasteiger partial charge in [-0.2, -0.15) is 0 Å². The largest absolute Gasteiger partial charge is 0.497 e. The van der Waals surface area contributed by atoms with E-state index in [1.165, 1.54) is 0 Å². The van der Waals surface area contributed by atoms with E-state index in [0.29, 0.717) is 0 Å². The van der Waals surface area contributed by atoms with Gasteiger partial charge >= 0.3 is 0 Å². The summed E-state index contributed by atoms with van der Waals surface area (Å²) in [5.74, 6) is 0.303. The van der Waals surface area contributed by atoms with Gasteiger partial charge in [0.25, 0.3) is 0 Å². The van der Waals surface area contributed by atoms with Crippen LogP contribution in [0.3, 0.4) is 0 Å². The molecule has 1 amide bonds. The highest BCUT2D eigenvalue weighted by Gasteiger charge is 2.14. The van der Waals surface area contributed by atoms with Crippen molar-refractivity contribution in [2.45, 2.75) is 6.04 Å². The zero-order valence-corrected chi connectivity index (χ0v) is 11.2. The Morgan fingerprint density at radius 3 is 2.35 bits per heavy atom. The SMILES string of the molecule is COc1ccc(C=N[C@H](C(N)=O)c2ccccc2)cc1. The average molecular weight is 268 g/mol. The number of nitrogens with zero attached hydrogens (tertiary/aromatic N) is 1. The highest BCUT2D eigenvalue weighted by atomic mass is 16.5. The number of carbonyl (C=O) groups excluding carboxylic acids is 1. The zero-order valence-electron chi connectivity index (χ0n) is 11.2. The van der Waals surface area contributed by atoms with E-state index in [2.05, 4.69) is 4.99 Å². The van der Waals surface area contributed by atoms with Crippen molar-refractivity contribution in [3.63, 3.8) is 0 Å². The van der Waals surface area contributed by atoms with Crippen LogP contribution in [0.1, 0.15) is 17.2 Å². The fraction of sp³-hybridized carbons (Fsp3) is 0.125. The summed E-state index contributed by atoms with van der Waals surface area (Å²) < 4.78 is 5.08. The molecule has 0 bridgehead atoms. The second-order valence-corrected chi connectivity index (χ2v) is 4.27. The van der Waals surface area contributed by atoms with Gasteiger partial charge in [0, 0.05) is 6.21 Å². The van der Waals surface area contributed by atoms with Crippen molar-refractivity contribution >= 4 is 12.1 Å². The van der Waals surface area contributed by atoms with Crippen LogP contribution >= 0.6 is 0 Å². The maximum atomic E-state index is 11.5. The van der Waals surface area contributed by atoms with Crippen LogP contribution in [0.5, 0.6) is 5.75 Å². The Morgan fingerprint density at radius 2 is 1.80 bits per heavy atom. The predicted octanol–water partition coefficient (Wildman–Crippen LogP) is 2.34. The van der Waals surface area contributed by atoms with E-state index in [9.17, 15) is 4.79 Å². The molecule has 0 aromatic heterocycles. The van der Waals surface area contributed by atoms with Crippen LogP contribution in [-0.2, 0) is 4.79 Å². The van der Waals surface area contributed by atoms with Gasteiger partial charge in [-0.3, -0.25) is 9.79 Å². The Labute approximate surface area is 117 Å². The lowest BCUT2D eigenvalue weighted by atomic mass is 10.1. The van der Waals surface area contributed by atoms with Crippen molar-refractivity contribution < 1.29 is 9.53 Å². The molecule has 0 spiro atoms. The van der Waals surface area contributed by atoms with Gasteiger partial charge in [0.1, 0.15) is 5.75 Å². The third-order valence-corrected chi connectivity index (χ3v) is 2.87. The molecule has 0 aliphatic carbocycles. The lowest BCUT2D eigenvalue weighted by Gasteiger charge is -2.08. The van der Waals surface area contributed by atoms with Gasteiger partial charge in [0.15, 0.2) is 6.04 Å². The molecule has 1 atom stereocenters. The van der Waals surface area contributed by atoms with E-state index < -0.39 is 11.9 Å². The molecule has 0 saturated carbocycles. The molecule has 0 unspecified atom stereocenters. The van der Waals surface area contributed by atoms with Gasteiger partial charge in [-0.05, 0) is 35.4 Å². The number of amides is 1. The lowest BCUT2D eigenvalue weighted by Crippen LogP contribution is -2.20. The molecule has 0 saturated heterocycles. The minimum Gasteiger partial charge on any atom is -0.497 e. The molecule has 2 aromatic carbocycles. The first-order valence-corrected chi connectivity index (χ1v) is 6.22. The van der Waals surface area contributed by atoms with Crippen LogP contribution in [-0.4, -0.2) is 19.2 Å². The van der Waals surface area contributed by atoms with Gasteiger partial charge in [-0.1, -0.05) is 30.3 Å². The number of rotatable bonds is 5. The summed E-state index contributed by atoms with van der Waals surface area (Å²) in [6.07, 6.45) is 1.64. The van der Waals surface area contributed by atoms with Crippen molar-refractivity contribution in [1.29, 1.82) is 0 Å². The highest BCUT2D eigenvalue weighted by molar-refractivity contribution is 5.86. The van der Waals surface area contributed by atoms with Crippen molar-refractivity contribution in [1.82, 2.24) is 0 Å². The molecule has 2 N–H and O–H groups in total. The van der Waals surface area contributed by atoms with Crippen LogP contribution in [0.15, 0.2) is 59.6 Å². The smallest absolute Gasteiger partial charge is 0.246 e. The van der Waals surface area contributed by atoms with Crippen molar-refractivity contribution in [3.8, 4) is 5.75 Å². The van der Waals surface area contributed by atoms with Gasteiger partial charge < -0.3 is 10.5 Å². The normalized spacial score (nSPS) is 12.2. The average Bonchev–Trinajstić information content (AvgIpc) is 2.49. The quantitative estimate of drug-likeness (QED) is 0.846. The first-order valence-electron chi connectivity index (χ1n) is 6.22. The number of hydrogen-bond acceptors (Lipinski definition) is 3. The van der Waals surface area contributed by atoms with E-state index >= 15 is 0 Å². The molecule has 0 radical (unpaired) electrons. The number of carbonyl (C=O) groups is 1. The molecule has 0 fully saturated rings. The van der Waals surface area contributed by atoms with Crippen LogP contribution in [0.2, 0.25) is 0 Å². The number of ether oxygens (including phenoxy) is 1. The summed E-state index contributed by atoms with van der Waals surface area (Å²) in [5.41, 5.74) is 7.07. The van der Waals surface area contributed by atoms with Gasteiger partial charge in [0.2, 0.25) is 5.91 Å². The molecule has 0 aliphatic rings. The standard InChI is InChI=1S/C16H16N2O2/c1-20-14-9-7-12(8-10-14)11-18-15(16(17)19)13-5-3-2-4-6-13/h2-11,15H,1H3,(H2,17,19)/t15-/m0/s1. The second kappa shape index (κ2) is 6.52. The summed E-state index contributed by atoms with van der Waals surface area (Å²) >= 11 is 0. The van der Waals surface area contributed by atoms with E-state index in [4.69, 9.17) is 10.5 Å². The Morgan fingerprint density at radius 1 is 1.15 bits per heavy atom. The molecule has 2 aromatic rings. The highest BCUT2D eigenvalue weighted by Crippen LogP contribution is 2.17. The number of benzene rings is 2. The number of aliphatic imine (C=N–C) groups is 1. The van der Waals surface area contributed by atoms with Crippen LogP contribution in [0.4, 0.5) is 0 Å². The molecule has 102 valence electrons. The summed E-state index contributed by atoms with van der Waals surface area (Å²) in [6, 6.07) is 16.0. The van der Waals surface area contributed by atoms with Gasteiger partial charge in [-0.15, -0.1) is 0 Å². The molecular formula is C16H16N2O2. The fourth-order valence-electron chi connectivity index (χ4n) is 1.81. The molecular weight excluding hydrogens is 252 g/mol. The van der Waals surface area contributed by atoms with Crippen molar-refractivity contribution in [3.05, 3.63) is 65.7 Å². The van der Waals surface area contributed by atoms with Gasteiger partial charge in [-0.25, -0.2) is 0 Å². The van der Waals surface area contributed by atoms with E-state index in [-0.39, 0.29) is 0 Å². The first-order chi connectivity index (χ1) is 9.70. The Balaban J connectivity index is 2.19. The summed E-state index contributed by atoms with van der Waals surface area (Å²) in [4.78, 5) is 15.8. The van der Waals surface area contributed by atoms with Gasteiger partial charge in [0.05, 0.1) is 7.11 Å². The topological polar surface area (TPSA) is 64.7 Å². The van der Waals surface area contributed by atoms with Crippen LogP contribution < -0.4 is 10.5 Å². The third kappa shape index (κ3) is 3.45. The zero-order chi connectivity index (χ0) is 14.4. The van der Waals surface area contributed by atoms with Crippen LogP contribution in [0.25, 0.3) is 0 Å². The molecule has 2 rings (SSSR count). The second-order valence-electron chi connectivity index (χ2n) is 4.27. The number of hydrogen-bond donors (Lipinski definition) is 1. The molecule has 4 heteroatoms. The Hall–Kier alpha value is -2.62. The number of primary amides is 1. The predicted molar refractivity (Wildman–Crippen MR) is 79.0 cm³/mol. The van der Waals surface area contributed by atoms with Crippen LogP contribution in [0, 0.1) is 0 Å². The first kappa shape index (κ1) is 13.8. The maximum absolute atomic E-state index is 11.5. The Bertz CT molecular complexity index is 592. The lowest BCUT2D eigenvalue weighted by molar-refractivity contribution is -0.119. The third-order valence-electron chi connectivity index (χ3n) is 2.87. The van der Waals surface area contributed by atoms with Crippen molar-refractivity contribution in [2.24, 2.45) is 10.7 Å². The number of nitrogens with two attached hydrogens (primary N) is 1. The monoisotopic (exact) mass is 268 g/mol. The summed E-state index contributed by atoms with van der Waals surface area (Å²) in [5, 5.41) is 0. The maximum Gasteiger partial charge on any atom is 0.246 e. The summed E-state index contributed by atoms with van der Waals surface area (Å²) in [6.45, 7) is 0. The molecule has 0 heterocycles. The minimum absolute atomic E-state index is 0.471. The van der Waals surface area contributed by atoms with E-state index in [1.54, 1.807) is 13.3 Å². The number of methoxy groups -OCH3 is 1. The Kier molecular flexibility index (Phi) is 4.50. The van der Waals surface area contributed by atoms with Crippen molar-refractivity contribution in [2.75, 3.05) is 7.11 Å². The fourth-order valence-corrected chi connectivity index (χ4v) is 1.81. The minimum atomic E-state index is -0.668. The molecule has 4 nitrogen and oxygen atoms in total. The molecule has 0 aliphatic heterocycles. The van der Waals surface area contributed by atoms with E-state index in [0.717, 1.165) is 16.9 Å².